The van der Waals surface area contributed by atoms with Gasteiger partial charge in [-0.15, -0.1) is 6.42 Å². The summed E-state index contributed by atoms with van der Waals surface area (Å²) in [5.41, 5.74) is 7.82. The fourth-order valence-electron chi connectivity index (χ4n) is 4.23. The van der Waals surface area contributed by atoms with E-state index in [2.05, 4.69) is 66.1 Å². The van der Waals surface area contributed by atoms with Crippen molar-refractivity contribution in [2.24, 2.45) is 0 Å². The van der Waals surface area contributed by atoms with Crippen molar-refractivity contribution >= 4 is 16.6 Å². The first-order chi connectivity index (χ1) is 15.7. The number of terminal acetylenes is 1. The van der Waals surface area contributed by atoms with E-state index in [0.717, 1.165) is 53.8 Å². The summed E-state index contributed by atoms with van der Waals surface area (Å²) in [7, 11) is 0. The normalized spacial score (nSPS) is 14.4. The summed E-state index contributed by atoms with van der Waals surface area (Å²) in [5, 5.41) is 3.68. The van der Waals surface area contributed by atoms with Gasteiger partial charge in [-0.3, -0.25) is 0 Å². The fourth-order valence-corrected chi connectivity index (χ4v) is 4.23. The van der Waals surface area contributed by atoms with Crippen LogP contribution in [0.2, 0.25) is 0 Å². The van der Waals surface area contributed by atoms with Crippen molar-refractivity contribution in [1.82, 2.24) is 15.3 Å². The van der Waals surface area contributed by atoms with Crippen LogP contribution in [0.5, 0.6) is 0 Å². The zero-order valence-corrected chi connectivity index (χ0v) is 18.8. The number of aromatic nitrogens is 2. The minimum absolute atomic E-state index is 0.129. The van der Waals surface area contributed by atoms with E-state index in [-0.39, 0.29) is 6.04 Å². The third kappa shape index (κ3) is 5.03. The molecule has 1 atom stereocenters. The van der Waals surface area contributed by atoms with Crippen LogP contribution in [-0.4, -0.2) is 9.97 Å². The largest absolute Gasteiger partial charge is 0.375 e. The number of unbranched alkanes of at least 4 members (excludes halogenated alkanes) is 2. The van der Waals surface area contributed by atoms with E-state index in [1.54, 1.807) is 0 Å². The number of benzene rings is 2. The number of rotatable bonds is 9. The average Bonchev–Trinajstić information content (AvgIpc) is 3.28. The number of hydrogen-bond donors (Lipinski definition) is 2. The van der Waals surface area contributed by atoms with Gasteiger partial charge in [0, 0.05) is 11.3 Å². The Balaban J connectivity index is 1.49. The first-order valence-electron chi connectivity index (χ1n) is 11.5. The molecular weight excluding hydrogens is 390 g/mol. The van der Waals surface area contributed by atoms with Crippen LogP contribution < -0.4 is 5.32 Å². The summed E-state index contributed by atoms with van der Waals surface area (Å²) in [6.07, 6.45) is 16.5. The minimum atomic E-state index is 0.129. The summed E-state index contributed by atoms with van der Waals surface area (Å²) in [6.45, 7) is 6.61. The molecule has 0 amide bonds. The molecule has 162 valence electrons. The average molecular weight is 422 g/mol. The molecule has 0 saturated carbocycles. The Morgan fingerprint density at radius 1 is 1.12 bits per heavy atom. The molecule has 1 aromatic heterocycles. The van der Waals surface area contributed by atoms with Crippen molar-refractivity contribution in [1.29, 1.82) is 0 Å². The summed E-state index contributed by atoms with van der Waals surface area (Å²) in [4.78, 5) is 8.36. The summed E-state index contributed by atoms with van der Waals surface area (Å²) >= 11 is 0. The molecule has 32 heavy (non-hydrogen) atoms. The number of imidazole rings is 1. The molecule has 1 aliphatic rings. The zero-order chi connectivity index (χ0) is 22.3. The van der Waals surface area contributed by atoms with Gasteiger partial charge in [-0.05, 0) is 60.2 Å². The first kappa shape index (κ1) is 21.7. The van der Waals surface area contributed by atoms with Crippen LogP contribution >= 0.6 is 0 Å². The van der Waals surface area contributed by atoms with Crippen molar-refractivity contribution in [2.75, 3.05) is 0 Å². The highest BCUT2D eigenvalue weighted by Crippen LogP contribution is 2.30. The standard InChI is InChI=1S/C29H31N3/c1-4-6-7-12-28(29-31-26-10-8-9-11-27(26)32-29)30-21(3)23-17-19-25(20-18-23)24-15-13-22(5-2)14-16-24/h2,8-11,13-17,19,28,30H,3-4,6-7,12,18,20H2,1H3,(H,31,32). The number of nitrogens with zero attached hydrogens (tertiary/aromatic N) is 1. The number of para-hydroxylation sites is 2. The van der Waals surface area contributed by atoms with Crippen LogP contribution in [0.1, 0.15) is 68.4 Å². The Morgan fingerprint density at radius 3 is 2.62 bits per heavy atom. The third-order valence-corrected chi connectivity index (χ3v) is 6.14. The van der Waals surface area contributed by atoms with Crippen LogP contribution in [0.3, 0.4) is 0 Å². The Hall–Kier alpha value is -3.51. The molecule has 2 N–H and O–H groups in total. The van der Waals surface area contributed by atoms with Gasteiger partial charge >= 0.3 is 0 Å². The summed E-state index contributed by atoms with van der Waals surface area (Å²) in [5.74, 6) is 3.67. The van der Waals surface area contributed by atoms with Gasteiger partial charge < -0.3 is 10.3 Å². The lowest BCUT2D eigenvalue weighted by atomic mass is 9.91. The van der Waals surface area contributed by atoms with Gasteiger partial charge in [0.15, 0.2) is 0 Å². The minimum Gasteiger partial charge on any atom is -0.375 e. The molecule has 0 radical (unpaired) electrons. The Kier molecular flexibility index (Phi) is 6.92. The lowest BCUT2D eigenvalue weighted by molar-refractivity contribution is 0.498. The van der Waals surface area contributed by atoms with Gasteiger partial charge in [-0.1, -0.05) is 75.1 Å². The summed E-state index contributed by atoms with van der Waals surface area (Å²) in [6, 6.07) is 16.6. The van der Waals surface area contributed by atoms with Gasteiger partial charge in [-0.2, -0.15) is 0 Å². The predicted octanol–water partition coefficient (Wildman–Crippen LogP) is 7.07. The smallest absolute Gasteiger partial charge is 0.129 e. The maximum atomic E-state index is 5.47. The monoisotopic (exact) mass is 421 g/mol. The highest BCUT2D eigenvalue weighted by Gasteiger charge is 2.18. The number of hydrogen-bond acceptors (Lipinski definition) is 2. The number of aromatic amines is 1. The van der Waals surface area contributed by atoms with Crippen LogP contribution in [-0.2, 0) is 0 Å². The SMILES string of the molecule is C#Cc1ccc(C2=CC=C(C(=C)NC(CCCCC)c3nc4ccccc4[nH]3)CC2)cc1. The molecular formula is C29H31N3. The molecule has 4 rings (SSSR count). The molecule has 0 bridgehead atoms. The van der Waals surface area contributed by atoms with Crippen LogP contribution in [0.25, 0.3) is 16.6 Å². The van der Waals surface area contributed by atoms with Crippen molar-refractivity contribution < 1.29 is 0 Å². The van der Waals surface area contributed by atoms with Crippen molar-refractivity contribution in [2.45, 2.75) is 51.5 Å². The van der Waals surface area contributed by atoms with Crippen molar-refractivity contribution in [3.63, 3.8) is 0 Å². The van der Waals surface area contributed by atoms with Gasteiger partial charge in [0.05, 0.1) is 17.1 Å². The zero-order valence-electron chi connectivity index (χ0n) is 18.8. The van der Waals surface area contributed by atoms with Gasteiger partial charge in [0.2, 0.25) is 0 Å². The molecule has 1 unspecified atom stereocenters. The maximum absolute atomic E-state index is 5.47. The van der Waals surface area contributed by atoms with E-state index < -0.39 is 0 Å². The Labute approximate surface area is 191 Å². The van der Waals surface area contributed by atoms with Gasteiger partial charge in [0.25, 0.3) is 0 Å². The Bertz CT molecular complexity index is 1150. The van der Waals surface area contributed by atoms with E-state index in [9.17, 15) is 0 Å². The van der Waals surface area contributed by atoms with Crippen molar-refractivity contribution in [3.8, 4) is 12.3 Å². The third-order valence-electron chi connectivity index (χ3n) is 6.14. The lowest BCUT2D eigenvalue weighted by Gasteiger charge is -2.23. The molecule has 3 nitrogen and oxygen atoms in total. The van der Waals surface area contributed by atoms with Crippen LogP contribution in [0.15, 0.2) is 78.5 Å². The first-order valence-corrected chi connectivity index (χ1v) is 11.5. The van der Waals surface area contributed by atoms with Gasteiger partial charge in [-0.25, -0.2) is 4.98 Å². The van der Waals surface area contributed by atoms with E-state index in [4.69, 9.17) is 11.4 Å². The van der Waals surface area contributed by atoms with Crippen LogP contribution in [0, 0.1) is 12.3 Å². The number of nitrogens with one attached hydrogen (secondary N) is 2. The second-order valence-electron chi connectivity index (χ2n) is 8.42. The Morgan fingerprint density at radius 2 is 1.94 bits per heavy atom. The van der Waals surface area contributed by atoms with Gasteiger partial charge in [0.1, 0.15) is 5.82 Å². The molecule has 1 heterocycles. The number of H-pyrrole nitrogens is 1. The molecule has 1 aliphatic carbocycles. The lowest BCUT2D eigenvalue weighted by Crippen LogP contribution is -2.23. The second-order valence-corrected chi connectivity index (χ2v) is 8.42. The number of allylic oxidation sites excluding steroid dienone is 4. The molecule has 0 aliphatic heterocycles. The van der Waals surface area contributed by atoms with E-state index in [0.29, 0.717) is 0 Å². The molecule has 2 aromatic carbocycles. The predicted molar refractivity (Wildman–Crippen MR) is 135 cm³/mol. The molecule has 0 saturated heterocycles. The van der Waals surface area contributed by atoms with E-state index in [1.807, 2.05) is 24.3 Å². The second kappa shape index (κ2) is 10.2. The summed E-state index contributed by atoms with van der Waals surface area (Å²) < 4.78 is 0. The maximum Gasteiger partial charge on any atom is 0.129 e. The molecule has 3 heteroatoms. The van der Waals surface area contributed by atoms with Crippen LogP contribution in [0.4, 0.5) is 0 Å². The highest BCUT2D eigenvalue weighted by atomic mass is 15.0. The molecule has 0 spiro atoms. The quantitative estimate of drug-likeness (QED) is 0.286. The molecule has 0 fully saturated rings. The van der Waals surface area contributed by atoms with Crippen molar-refractivity contribution in [3.05, 3.63) is 95.5 Å². The molecule has 3 aromatic rings. The highest BCUT2D eigenvalue weighted by molar-refractivity contribution is 5.75. The topological polar surface area (TPSA) is 40.7 Å². The van der Waals surface area contributed by atoms with E-state index >= 15 is 0 Å². The van der Waals surface area contributed by atoms with E-state index in [1.165, 1.54) is 29.6 Å². The number of fused-ring (bicyclic) bond motifs is 1. The fraction of sp³-hybridized carbons (Fsp3) is 0.276.